The van der Waals surface area contributed by atoms with Crippen molar-refractivity contribution in [1.29, 1.82) is 0 Å². The quantitative estimate of drug-likeness (QED) is 0.790. The van der Waals surface area contributed by atoms with Gasteiger partial charge in [0.1, 0.15) is 5.15 Å². The Morgan fingerprint density at radius 3 is 2.71 bits per heavy atom. The van der Waals surface area contributed by atoms with E-state index in [9.17, 15) is 4.79 Å². The zero-order valence-corrected chi connectivity index (χ0v) is 13.4. The van der Waals surface area contributed by atoms with E-state index in [1.54, 1.807) is 0 Å². The number of carbonyl (C=O) groups excluding carboxylic acids is 1. The number of anilines is 1. The van der Waals surface area contributed by atoms with Crippen LogP contribution in [0.4, 0.5) is 5.69 Å². The Morgan fingerprint density at radius 2 is 2.05 bits per heavy atom. The van der Waals surface area contributed by atoms with E-state index in [0.717, 1.165) is 17.7 Å². The van der Waals surface area contributed by atoms with Gasteiger partial charge in [-0.1, -0.05) is 55.2 Å². The van der Waals surface area contributed by atoms with Gasteiger partial charge in [-0.05, 0) is 30.0 Å². The summed E-state index contributed by atoms with van der Waals surface area (Å²) in [6, 6.07) is 9.30. The van der Waals surface area contributed by atoms with Crippen LogP contribution in [0, 0.1) is 0 Å². The molecule has 0 radical (unpaired) electrons. The number of carbonyl (C=O) groups is 1. The Bertz CT molecular complexity index is 658. The topological polar surface area (TPSA) is 42.0 Å². The van der Waals surface area contributed by atoms with Gasteiger partial charge in [-0.25, -0.2) is 4.98 Å². The number of rotatable bonds is 4. The average molecular weight is 323 g/mol. The summed E-state index contributed by atoms with van der Waals surface area (Å²) in [6.07, 6.45) is 2.41. The molecule has 1 aromatic carbocycles. The lowest BCUT2D eigenvalue weighted by atomic mass is 9.97. The van der Waals surface area contributed by atoms with Gasteiger partial charge in [0.2, 0.25) is 0 Å². The van der Waals surface area contributed by atoms with Gasteiger partial charge in [0, 0.05) is 11.9 Å². The highest BCUT2D eigenvalue weighted by molar-refractivity contribution is 6.41. The molecule has 0 bridgehead atoms. The fraction of sp³-hybridized carbons (Fsp3) is 0.250. The highest BCUT2D eigenvalue weighted by Crippen LogP contribution is 2.27. The smallest absolute Gasteiger partial charge is 0.257 e. The van der Waals surface area contributed by atoms with Crippen LogP contribution in [-0.2, 0) is 0 Å². The molecule has 0 aliphatic rings. The first kappa shape index (κ1) is 15.8. The largest absolute Gasteiger partial charge is 0.322 e. The summed E-state index contributed by atoms with van der Waals surface area (Å²) in [7, 11) is 0. The Labute approximate surface area is 134 Å². The first-order valence-corrected chi connectivity index (χ1v) is 7.49. The van der Waals surface area contributed by atoms with E-state index < -0.39 is 0 Å². The molecule has 0 fully saturated rings. The molecule has 5 heteroatoms. The van der Waals surface area contributed by atoms with Crippen LogP contribution in [0.5, 0.6) is 0 Å². The van der Waals surface area contributed by atoms with E-state index in [1.807, 2.05) is 24.3 Å². The molecule has 0 saturated carbocycles. The number of nitrogens with one attached hydrogen (secondary N) is 1. The van der Waals surface area contributed by atoms with Crippen molar-refractivity contribution in [3.63, 3.8) is 0 Å². The molecule has 2 aromatic rings. The number of para-hydroxylation sites is 1. The van der Waals surface area contributed by atoms with Crippen molar-refractivity contribution in [2.24, 2.45) is 0 Å². The second-order valence-electron chi connectivity index (χ2n) is 4.85. The van der Waals surface area contributed by atoms with Gasteiger partial charge >= 0.3 is 0 Å². The van der Waals surface area contributed by atoms with Crippen molar-refractivity contribution in [3.8, 4) is 0 Å². The fourth-order valence-electron chi connectivity index (χ4n) is 2.00. The molecule has 1 amide bonds. The van der Waals surface area contributed by atoms with Crippen molar-refractivity contribution in [1.82, 2.24) is 4.98 Å². The molecule has 0 aliphatic carbocycles. The minimum absolute atomic E-state index is 0.188. The molecular formula is C16H16Cl2N2O. The number of hydrogen-bond donors (Lipinski definition) is 1. The standard InChI is InChI=1S/C16H16Cl2N2O/c1-3-10(2)12-6-4-5-7-14(12)20-16(21)11-8-13(17)15(18)19-9-11/h4-10H,3H2,1-2H3,(H,20,21). The van der Waals surface area contributed by atoms with Crippen LogP contribution in [0.25, 0.3) is 0 Å². The highest BCUT2D eigenvalue weighted by atomic mass is 35.5. The van der Waals surface area contributed by atoms with E-state index in [2.05, 4.69) is 24.1 Å². The fourth-order valence-corrected chi connectivity index (χ4v) is 2.27. The van der Waals surface area contributed by atoms with E-state index >= 15 is 0 Å². The third kappa shape index (κ3) is 3.74. The monoisotopic (exact) mass is 322 g/mol. The van der Waals surface area contributed by atoms with Crippen molar-refractivity contribution >= 4 is 34.8 Å². The third-order valence-electron chi connectivity index (χ3n) is 3.41. The zero-order valence-electron chi connectivity index (χ0n) is 11.9. The normalized spacial score (nSPS) is 12.0. The summed E-state index contributed by atoms with van der Waals surface area (Å²) in [4.78, 5) is 16.2. The Morgan fingerprint density at radius 1 is 1.33 bits per heavy atom. The molecule has 1 unspecified atom stereocenters. The number of aromatic nitrogens is 1. The van der Waals surface area contributed by atoms with Gasteiger partial charge in [0.25, 0.3) is 5.91 Å². The predicted octanol–water partition coefficient (Wildman–Crippen LogP) is 5.15. The minimum Gasteiger partial charge on any atom is -0.322 e. The van der Waals surface area contributed by atoms with Crippen LogP contribution < -0.4 is 5.32 Å². The molecular weight excluding hydrogens is 307 g/mol. The number of pyridine rings is 1. The molecule has 0 spiro atoms. The first-order valence-electron chi connectivity index (χ1n) is 6.74. The maximum Gasteiger partial charge on any atom is 0.257 e. The van der Waals surface area contributed by atoms with E-state index in [0.29, 0.717) is 11.5 Å². The van der Waals surface area contributed by atoms with Crippen LogP contribution in [0.2, 0.25) is 10.2 Å². The summed E-state index contributed by atoms with van der Waals surface area (Å²) >= 11 is 11.6. The maximum absolute atomic E-state index is 12.3. The minimum atomic E-state index is -0.253. The van der Waals surface area contributed by atoms with E-state index in [4.69, 9.17) is 23.2 Å². The van der Waals surface area contributed by atoms with Gasteiger partial charge < -0.3 is 5.32 Å². The third-order valence-corrected chi connectivity index (χ3v) is 4.10. The molecule has 0 aliphatic heterocycles. The van der Waals surface area contributed by atoms with Crippen molar-refractivity contribution in [3.05, 3.63) is 57.8 Å². The Kier molecular flexibility index (Phi) is 5.21. The molecule has 0 saturated heterocycles. The van der Waals surface area contributed by atoms with Gasteiger partial charge in [-0.15, -0.1) is 0 Å². The summed E-state index contributed by atoms with van der Waals surface area (Å²) in [5.74, 6) is 0.116. The van der Waals surface area contributed by atoms with Gasteiger partial charge in [0.05, 0.1) is 10.6 Å². The molecule has 1 N–H and O–H groups in total. The molecule has 1 aromatic heterocycles. The summed E-state index contributed by atoms with van der Waals surface area (Å²) in [5.41, 5.74) is 2.30. The second-order valence-corrected chi connectivity index (χ2v) is 5.61. The Balaban J connectivity index is 2.25. The van der Waals surface area contributed by atoms with Crippen LogP contribution in [0.1, 0.15) is 42.1 Å². The van der Waals surface area contributed by atoms with Crippen LogP contribution in [0.3, 0.4) is 0 Å². The van der Waals surface area contributed by atoms with Crippen LogP contribution >= 0.6 is 23.2 Å². The maximum atomic E-state index is 12.3. The van der Waals surface area contributed by atoms with Crippen molar-refractivity contribution in [2.45, 2.75) is 26.2 Å². The van der Waals surface area contributed by atoms with Gasteiger partial charge in [0.15, 0.2) is 0 Å². The van der Waals surface area contributed by atoms with Crippen LogP contribution in [-0.4, -0.2) is 10.9 Å². The summed E-state index contributed by atoms with van der Waals surface area (Å²) in [5, 5.41) is 3.36. The summed E-state index contributed by atoms with van der Waals surface area (Å²) in [6.45, 7) is 4.25. The molecule has 1 atom stereocenters. The Hall–Kier alpha value is -1.58. The molecule has 2 rings (SSSR count). The number of amides is 1. The van der Waals surface area contributed by atoms with E-state index in [-0.39, 0.29) is 16.1 Å². The lowest BCUT2D eigenvalue weighted by Crippen LogP contribution is -2.14. The zero-order chi connectivity index (χ0) is 15.4. The second kappa shape index (κ2) is 6.92. The lowest BCUT2D eigenvalue weighted by Gasteiger charge is -2.15. The van der Waals surface area contributed by atoms with Gasteiger partial charge in [-0.2, -0.15) is 0 Å². The number of hydrogen-bond acceptors (Lipinski definition) is 2. The SMILES string of the molecule is CCC(C)c1ccccc1NC(=O)c1cnc(Cl)c(Cl)c1. The molecule has 110 valence electrons. The average Bonchev–Trinajstić information content (AvgIpc) is 2.49. The highest BCUT2D eigenvalue weighted by Gasteiger charge is 2.13. The molecule has 1 heterocycles. The number of benzene rings is 1. The van der Waals surface area contributed by atoms with Crippen molar-refractivity contribution < 1.29 is 4.79 Å². The predicted molar refractivity (Wildman–Crippen MR) is 87.4 cm³/mol. The molecule has 21 heavy (non-hydrogen) atoms. The lowest BCUT2D eigenvalue weighted by molar-refractivity contribution is 0.102. The van der Waals surface area contributed by atoms with Crippen LogP contribution in [0.15, 0.2) is 36.5 Å². The van der Waals surface area contributed by atoms with Crippen molar-refractivity contribution in [2.75, 3.05) is 5.32 Å². The van der Waals surface area contributed by atoms with E-state index in [1.165, 1.54) is 12.3 Å². The number of nitrogens with zero attached hydrogens (tertiary/aromatic N) is 1. The number of halogens is 2. The first-order chi connectivity index (χ1) is 10.0. The summed E-state index contributed by atoms with van der Waals surface area (Å²) < 4.78 is 0. The molecule has 3 nitrogen and oxygen atoms in total. The van der Waals surface area contributed by atoms with Gasteiger partial charge in [-0.3, -0.25) is 4.79 Å².